The normalized spacial score (nSPS) is 21.3. The number of rotatable bonds is 13. The fourth-order valence-corrected chi connectivity index (χ4v) is 5.56. The van der Waals surface area contributed by atoms with Crippen LogP contribution in [0.2, 0.25) is 0 Å². The number of aromatic nitrogens is 2. The van der Waals surface area contributed by atoms with Gasteiger partial charge in [0.2, 0.25) is 0 Å². The van der Waals surface area contributed by atoms with Crippen molar-refractivity contribution in [2.24, 2.45) is 0 Å². The van der Waals surface area contributed by atoms with Crippen molar-refractivity contribution in [2.45, 2.75) is 57.3 Å². The molecule has 4 atom stereocenters. The molecule has 3 rings (SSSR count). The Labute approximate surface area is 241 Å². The molecule has 234 valence electrons. The molecular formula is C25H36F2N5O9P. The zero-order valence-corrected chi connectivity index (χ0v) is 24.7. The van der Waals surface area contributed by atoms with Gasteiger partial charge in [0.1, 0.15) is 0 Å². The molecule has 0 aliphatic carbocycles. The first kappa shape index (κ1) is 33.4. The second-order valence-corrected chi connectivity index (χ2v) is 12.0. The van der Waals surface area contributed by atoms with Crippen LogP contribution in [0.15, 0.2) is 47.4 Å². The van der Waals surface area contributed by atoms with Crippen molar-refractivity contribution in [1.82, 2.24) is 19.5 Å². The van der Waals surface area contributed by atoms with Crippen LogP contribution in [0, 0.1) is 0 Å². The summed E-state index contributed by atoms with van der Waals surface area (Å²) in [6.45, 7) is 3.84. The van der Waals surface area contributed by atoms with Gasteiger partial charge in [0.15, 0.2) is 0 Å². The summed E-state index contributed by atoms with van der Waals surface area (Å²) in [7, 11) is -1.25. The number of nitrogens with one attached hydrogen (secondary N) is 2. The molecule has 2 aromatic rings. The number of halogens is 2. The van der Waals surface area contributed by atoms with Crippen molar-refractivity contribution >= 4 is 25.8 Å². The van der Waals surface area contributed by atoms with Gasteiger partial charge < -0.3 is 4.90 Å². The number of para-hydroxylation sites is 1. The van der Waals surface area contributed by atoms with Crippen molar-refractivity contribution in [3.8, 4) is 5.75 Å². The summed E-state index contributed by atoms with van der Waals surface area (Å²) in [6, 6.07) is 7.91. The van der Waals surface area contributed by atoms with Crippen molar-refractivity contribution in [3.63, 3.8) is 0 Å². The summed E-state index contributed by atoms with van der Waals surface area (Å²) in [6.07, 6.45) is -6.00. The maximum atomic E-state index is 15.1. The Bertz CT molecular complexity index is 1290. The van der Waals surface area contributed by atoms with E-state index in [2.05, 4.69) is 15.4 Å². The number of aliphatic hydroxyl groups excluding tert-OH is 1. The van der Waals surface area contributed by atoms with E-state index in [4.69, 9.17) is 18.5 Å². The molecule has 0 radical (unpaired) electrons. The predicted octanol–water partition coefficient (Wildman–Crippen LogP) is 1.06. The first-order valence-corrected chi connectivity index (χ1v) is 14.7. The molecule has 0 bridgehead atoms. The quantitative estimate of drug-likeness (QED) is 0.186. The molecule has 14 nitrogen and oxygen atoms in total. The molecule has 1 aromatic carbocycles. The van der Waals surface area contributed by atoms with Gasteiger partial charge in [0.25, 0.3) is 0 Å². The van der Waals surface area contributed by atoms with Crippen LogP contribution in [-0.4, -0.2) is 93.9 Å². The van der Waals surface area contributed by atoms with Crippen LogP contribution in [-0.2, 0) is 23.6 Å². The summed E-state index contributed by atoms with van der Waals surface area (Å²) in [5.74, 6) is -5.20. The number of likely N-dealkylation sites (N-methyl/N-ethyl adjacent to an activating group) is 1. The van der Waals surface area contributed by atoms with E-state index in [1.807, 2.05) is 0 Å². The van der Waals surface area contributed by atoms with Gasteiger partial charge >= 0.3 is 222 Å². The molecule has 4 N–H and O–H groups in total. The monoisotopic (exact) mass is 619 g/mol. The predicted molar refractivity (Wildman–Crippen MR) is 148 cm³/mol. The maximum absolute atomic E-state index is 15.1. The second-order valence-electron chi connectivity index (χ2n) is 10.1. The van der Waals surface area contributed by atoms with Gasteiger partial charge in [0, 0.05) is 0 Å². The number of esters is 1. The van der Waals surface area contributed by atoms with Crippen molar-refractivity contribution in [1.29, 1.82) is 0 Å². The first-order chi connectivity index (χ1) is 19.6. The zero-order chi connectivity index (χ0) is 31.2. The molecule has 1 amide bonds. The van der Waals surface area contributed by atoms with Crippen molar-refractivity contribution in [2.75, 3.05) is 32.6 Å². The van der Waals surface area contributed by atoms with Gasteiger partial charge in [-0.05, 0) is 14.1 Å². The molecule has 2 heterocycles. The Balaban J connectivity index is 1.76. The van der Waals surface area contributed by atoms with Gasteiger partial charge in [-0.25, -0.2) is 0 Å². The second kappa shape index (κ2) is 13.9. The molecule has 42 heavy (non-hydrogen) atoms. The molecule has 1 saturated heterocycles. The molecule has 17 heteroatoms. The number of alkyl halides is 2. The topological polar surface area (TPSA) is 174 Å². The average Bonchev–Trinajstić information content (AvgIpc) is 3.10. The number of anilines is 1. The number of hydrogen-bond acceptors (Lipinski definition) is 12. The molecule has 1 aromatic heterocycles. The van der Waals surface area contributed by atoms with Crippen molar-refractivity contribution < 1.29 is 46.9 Å². The van der Waals surface area contributed by atoms with E-state index in [0.717, 1.165) is 12.3 Å². The zero-order valence-electron chi connectivity index (χ0n) is 23.7. The summed E-state index contributed by atoms with van der Waals surface area (Å²) in [4.78, 5) is 53.2. The number of nitrogens with zero attached hydrogens (tertiary/aromatic N) is 3. The van der Waals surface area contributed by atoms with Crippen LogP contribution < -0.4 is 20.6 Å². The van der Waals surface area contributed by atoms with Crippen LogP contribution in [0.25, 0.3) is 0 Å². The van der Waals surface area contributed by atoms with E-state index in [0.29, 0.717) is 4.57 Å². The summed E-state index contributed by atoms with van der Waals surface area (Å²) in [5.41, 5.74) is -1.17. The van der Waals surface area contributed by atoms with Crippen LogP contribution in [0.5, 0.6) is 5.75 Å². The third-order valence-corrected chi connectivity index (χ3v) is 7.60. The summed E-state index contributed by atoms with van der Waals surface area (Å²) < 4.78 is 52.3. The van der Waals surface area contributed by atoms with E-state index in [1.54, 1.807) is 51.0 Å². The van der Waals surface area contributed by atoms with Crippen LogP contribution in [0.4, 0.5) is 14.6 Å². The van der Waals surface area contributed by atoms with Crippen LogP contribution in [0.3, 0.4) is 0 Å². The van der Waals surface area contributed by atoms with E-state index in [9.17, 15) is 24.4 Å². The number of ether oxygens (including phenoxy) is 2. The van der Waals surface area contributed by atoms with E-state index < -0.39 is 68.8 Å². The van der Waals surface area contributed by atoms with Crippen molar-refractivity contribution in [3.05, 3.63) is 53.1 Å². The number of hydrogen-bond donors (Lipinski definition) is 4. The molecule has 1 aliphatic rings. The first-order valence-electron chi connectivity index (χ1n) is 12.9. The molecule has 1 unspecified atom stereocenters. The third kappa shape index (κ3) is 8.70. The Morgan fingerprint density at radius 3 is 2.48 bits per heavy atom. The molecule has 0 spiro atoms. The Kier molecular flexibility index (Phi) is 11.1. The Morgan fingerprint density at radius 1 is 1.21 bits per heavy atom. The molecular weight excluding hydrogens is 583 g/mol. The Hall–Kier alpha value is -3.11. The minimum atomic E-state index is -4.57. The molecule has 1 aliphatic heterocycles. The van der Waals surface area contributed by atoms with Crippen LogP contribution in [0.1, 0.15) is 27.0 Å². The number of carbonyl (C=O) groups excluding carboxylic acids is 2. The average molecular weight is 620 g/mol. The number of aliphatic hydroxyl groups is 1. The fourth-order valence-electron chi connectivity index (χ4n) is 3.85. The van der Waals surface area contributed by atoms with Gasteiger partial charge in [0.05, 0.1) is 0 Å². The van der Waals surface area contributed by atoms with E-state index >= 15 is 8.78 Å². The van der Waals surface area contributed by atoms with E-state index in [-0.39, 0.29) is 18.1 Å². The number of benzene rings is 1. The van der Waals surface area contributed by atoms with Gasteiger partial charge in [-0.2, -0.15) is 0 Å². The minimum absolute atomic E-state index is 0.00135. The summed E-state index contributed by atoms with van der Waals surface area (Å²) in [5, 5.41) is 15.3. The van der Waals surface area contributed by atoms with E-state index in [1.165, 1.54) is 19.1 Å². The number of carbonyl (C=O) groups is 2. The Morgan fingerprint density at radius 2 is 1.88 bits per heavy atom. The van der Waals surface area contributed by atoms with Gasteiger partial charge in [-0.1, -0.05) is 0 Å². The van der Waals surface area contributed by atoms with Gasteiger partial charge in [-0.3, -0.25) is 0 Å². The summed E-state index contributed by atoms with van der Waals surface area (Å²) >= 11 is 0. The van der Waals surface area contributed by atoms with Crippen LogP contribution >= 0.6 is 8.09 Å². The third-order valence-electron chi connectivity index (χ3n) is 5.74. The molecule has 0 saturated carbocycles. The molecule has 1 fully saturated rings. The number of amides is 1. The standard InChI is InChI=1S/C25H36F2N5O9P/c1-15(2)39-22(35)16(3)30-42(37,41-17-9-7-6-8-10-17)38-14-18-21(34)25(26,27)23(40-18)32-12-11-19(29-24(32)36)28-20(33)13-31(4)5/h6-12,15-16,18,21,23,30,34,37,42H,13-14H2,1-5H3,(H,28,29,33,36)/t16-,18+,21+,23?/m0/s1. The SMILES string of the molecule is CC(C)OC(=O)[C@H](C)N[PH](O)(OC[C@H]1OC(n2ccc(NC(=O)CN(C)C)nc2=O)C(F)(F)[C@@H]1O)Oc1ccccc1. The van der Waals surface area contributed by atoms with Gasteiger partial charge in [-0.15, -0.1) is 0 Å². The fraction of sp³-hybridized carbons (Fsp3) is 0.520.